The summed E-state index contributed by atoms with van der Waals surface area (Å²) in [7, 11) is 1.67. The predicted molar refractivity (Wildman–Crippen MR) is 141 cm³/mol. The normalized spacial score (nSPS) is 19.6. The lowest BCUT2D eigenvalue weighted by Crippen LogP contribution is -2.40. The van der Waals surface area contributed by atoms with Gasteiger partial charge in [0.15, 0.2) is 11.5 Å². The number of amides is 1. The Hall–Kier alpha value is -2.64. The highest BCUT2D eigenvalue weighted by Crippen LogP contribution is 2.39. The van der Waals surface area contributed by atoms with E-state index in [-0.39, 0.29) is 25.1 Å². The molecule has 196 valence electrons. The summed E-state index contributed by atoms with van der Waals surface area (Å²) in [5.74, 6) is 4.10. The third-order valence-corrected chi connectivity index (χ3v) is 7.34. The van der Waals surface area contributed by atoms with Gasteiger partial charge in [-0.3, -0.25) is 4.79 Å². The monoisotopic (exact) mass is 516 g/mol. The molecule has 0 bridgehead atoms. The minimum absolute atomic E-state index is 0. The molecular weight excluding hydrogens is 480 g/mol. The van der Waals surface area contributed by atoms with Crippen LogP contribution in [0, 0.1) is 5.92 Å². The van der Waals surface area contributed by atoms with Crippen LogP contribution in [0.2, 0.25) is 0 Å². The maximum absolute atomic E-state index is 13.1. The molecule has 0 aromatic heterocycles. The second-order valence-corrected chi connectivity index (χ2v) is 9.74. The van der Waals surface area contributed by atoms with Crippen LogP contribution in [0.4, 0.5) is 0 Å². The van der Waals surface area contributed by atoms with Crippen LogP contribution in [0.25, 0.3) is 0 Å². The van der Waals surface area contributed by atoms with Crippen molar-refractivity contribution in [1.29, 1.82) is 0 Å². The molecule has 1 atom stereocenters. The maximum atomic E-state index is 13.1. The molecular formula is C28H37ClN2O5. The van der Waals surface area contributed by atoms with Crippen molar-refractivity contribution in [3.8, 4) is 23.0 Å². The van der Waals surface area contributed by atoms with E-state index < -0.39 is 0 Å². The molecule has 1 amide bonds. The number of ether oxygens (including phenoxy) is 4. The lowest BCUT2D eigenvalue weighted by atomic mass is 10.0. The number of hydrogen-bond acceptors (Lipinski definition) is 6. The molecule has 0 saturated carbocycles. The first-order valence-corrected chi connectivity index (χ1v) is 12.9. The van der Waals surface area contributed by atoms with Gasteiger partial charge in [0.25, 0.3) is 0 Å². The number of hydrogen-bond donors (Lipinski definition) is 0. The van der Waals surface area contributed by atoms with E-state index >= 15 is 0 Å². The average Bonchev–Trinajstić information content (AvgIpc) is 3.17. The molecule has 1 saturated heterocycles. The Morgan fingerprint density at radius 3 is 2.69 bits per heavy atom. The van der Waals surface area contributed by atoms with Gasteiger partial charge in [0.1, 0.15) is 11.5 Å². The number of methoxy groups -OCH3 is 1. The van der Waals surface area contributed by atoms with Gasteiger partial charge in [-0.15, -0.1) is 12.4 Å². The first-order valence-electron chi connectivity index (χ1n) is 12.9. The van der Waals surface area contributed by atoms with E-state index in [1.807, 2.05) is 36.4 Å². The number of carbonyl (C=O) groups is 1. The van der Waals surface area contributed by atoms with E-state index in [0.29, 0.717) is 18.9 Å². The second kappa shape index (κ2) is 12.5. The molecule has 0 radical (unpaired) electrons. The van der Waals surface area contributed by atoms with E-state index in [1.54, 1.807) is 7.11 Å². The van der Waals surface area contributed by atoms with Gasteiger partial charge in [0, 0.05) is 31.7 Å². The van der Waals surface area contributed by atoms with Crippen molar-refractivity contribution in [3.63, 3.8) is 0 Å². The molecule has 3 heterocycles. The molecule has 3 aliphatic heterocycles. The standard InChI is InChI=1S/C28H36N2O5.ClH/c1-32-23-7-9-24(10-8-23)33-16-4-14-29-13-3-2-5-21(18-29)19-30-15-12-25-22(17-27(30)31)6-11-26-28(25)35-20-34-26;/h6-11,21H,2-5,12-20H2,1H3;1H. The Labute approximate surface area is 220 Å². The van der Waals surface area contributed by atoms with Crippen LogP contribution >= 0.6 is 12.4 Å². The molecule has 36 heavy (non-hydrogen) atoms. The minimum atomic E-state index is 0. The lowest BCUT2D eigenvalue weighted by Gasteiger charge is -2.29. The van der Waals surface area contributed by atoms with Crippen LogP contribution in [0.1, 0.15) is 36.8 Å². The highest BCUT2D eigenvalue weighted by Gasteiger charge is 2.29. The van der Waals surface area contributed by atoms with Crippen LogP contribution in [-0.4, -0.2) is 68.9 Å². The molecule has 0 N–H and O–H groups in total. The van der Waals surface area contributed by atoms with Gasteiger partial charge < -0.3 is 28.7 Å². The fourth-order valence-corrected chi connectivity index (χ4v) is 5.48. The summed E-state index contributed by atoms with van der Waals surface area (Å²) < 4.78 is 22.4. The van der Waals surface area contributed by atoms with Crippen molar-refractivity contribution in [2.45, 2.75) is 38.5 Å². The molecule has 7 nitrogen and oxygen atoms in total. The third-order valence-electron chi connectivity index (χ3n) is 7.34. The van der Waals surface area contributed by atoms with Gasteiger partial charge in [-0.1, -0.05) is 12.5 Å². The number of halogens is 1. The van der Waals surface area contributed by atoms with E-state index in [2.05, 4.69) is 9.80 Å². The molecule has 3 aliphatic rings. The number of fused-ring (bicyclic) bond motifs is 3. The average molecular weight is 517 g/mol. The molecule has 8 heteroatoms. The number of nitrogens with zero attached hydrogens (tertiary/aromatic N) is 2. The van der Waals surface area contributed by atoms with Gasteiger partial charge in [0.2, 0.25) is 12.7 Å². The SMILES string of the molecule is COc1ccc(OCCCN2CCCCC(CN3CCc4c(ccc5c4OCO5)CC3=O)C2)cc1.Cl. The van der Waals surface area contributed by atoms with Gasteiger partial charge in [-0.05, 0) is 74.0 Å². The van der Waals surface area contributed by atoms with Gasteiger partial charge in [-0.2, -0.15) is 0 Å². The van der Waals surface area contributed by atoms with Crippen molar-refractivity contribution in [1.82, 2.24) is 9.80 Å². The summed E-state index contributed by atoms with van der Waals surface area (Å²) in [5.41, 5.74) is 2.23. The zero-order valence-electron chi connectivity index (χ0n) is 21.1. The van der Waals surface area contributed by atoms with Gasteiger partial charge >= 0.3 is 0 Å². The number of carbonyl (C=O) groups excluding carboxylic acids is 1. The Balaban J connectivity index is 0.00000304. The smallest absolute Gasteiger partial charge is 0.231 e. The van der Waals surface area contributed by atoms with Crippen LogP contribution < -0.4 is 18.9 Å². The largest absolute Gasteiger partial charge is 0.497 e. The summed E-state index contributed by atoms with van der Waals surface area (Å²) in [4.78, 5) is 17.8. The van der Waals surface area contributed by atoms with Crippen molar-refractivity contribution in [2.75, 3.05) is 53.2 Å². The zero-order valence-corrected chi connectivity index (χ0v) is 21.9. The lowest BCUT2D eigenvalue weighted by molar-refractivity contribution is -0.130. The second-order valence-electron chi connectivity index (χ2n) is 9.74. The molecule has 0 spiro atoms. The van der Waals surface area contributed by atoms with Crippen LogP contribution in [0.5, 0.6) is 23.0 Å². The summed E-state index contributed by atoms with van der Waals surface area (Å²) in [6.45, 7) is 5.76. The summed E-state index contributed by atoms with van der Waals surface area (Å²) in [6.07, 6.45) is 5.90. The van der Waals surface area contributed by atoms with E-state index in [0.717, 1.165) is 79.7 Å². The fraction of sp³-hybridized carbons (Fsp3) is 0.536. The van der Waals surface area contributed by atoms with E-state index in [9.17, 15) is 4.79 Å². The first kappa shape index (κ1) is 26.4. The zero-order chi connectivity index (χ0) is 24.0. The van der Waals surface area contributed by atoms with Crippen molar-refractivity contribution in [2.24, 2.45) is 5.92 Å². The predicted octanol–water partition coefficient (Wildman–Crippen LogP) is 4.34. The number of rotatable bonds is 8. The Morgan fingerprint density at radius 1 is 1.03 bits per heavy atom. The molecule has 5 rings (SSSR count). The van der Waals surface area contributed by atoms with E-state index in [4.69, 9.17) is 18.9 Å². The molecule has 1 fully saturated rings. The third kappa shape index (κ3) is 6.37. The highest BCUT2D eigenvalue weighted by molar-refractivity contribution is 5.85. The van der Waals surface area contributed by atoms with Crippen LogP contribution in [0.3, 0.4) is 0 Å². The minimum Gasteiger partial charge on any atom is -0.497 e. The van der Waals surface area contributed by atoms with Gasteiger partial charge in [0.05, 0.1) is 20.1 Å². The number of likely N-dealkylation sites (tertiary alicyclic amines) is 1. The number of benzene rings is 2. The van der Waals surface area contributed by atoms with Crippen LogP contribution in [-0.2, 0) is 17.6 Å². The van der Waals surface area contributed by atoms with E-state index in [1.165, 1.54) is 19.3 Å². The van der Waals surface area contributed by atoms with Crippen molar-refractivity contribution >= 4 is 18.3 Å². The summed E-state index contributed by atoms with van der Waals surface area (Å²) in [5, 5.41) is 0. The Kier molecular flexibility index (Phi) is 9.21. The summed E-state index contributed by atoms with van der Waals surface area (Å²) >= 11 is 0. The molecule has 0 aliphatic carbocycles. The quantitative estimate of drug-likeness (QED) is 0.486. The maximum Gasteiger partial charge on any atom is 0.231 e. The van der Waals surface area contributed by atoms with Crippen molar-refractivity contribution < 1.29 is 23.7 Å². The highest BCUT2D eigenvalue weighted by atomic mass is 35.5. The van der Waals surface area contributed by atoms with Gasteiger partial charge in [-0.25, -0.2) is 0 Å². The van der Waals surface area contributed by atoms with Crippen molar-refractivity contribution in [3.05, 3.63) is 47.5 Å². The summed E-state index contributed by atoms with van der Waals surface area (Å²) in [6, 6.07) is 11.7. The molecule has 2 aromatic carbocycles. The molecule has 2 aromatic rings. The van der Waals surface area contributed by atoms with Crippen LogP contribution in [0.15, 0.2) is 36.4 Å². The molecule has 1 unspecified atom stereocenters. The first-order chi connectivity index (χ1) is 17.2. The fourth-order valence-electron chi connectivity index (χ4n) is 5.48. The Bertz CT molecular complexity index is 1020. The Morgan fingerprint density at radius 2 is 1.86 bits per heavy atom. The topological polar surface area (TPSA) is 60.5 Å².